The molecule has 1 saturated carbocycles. The average Bonchev–Trinajstić information content (AvgIpc) is 2.75. The Balaban J connectivity index is 1.68. The summed E-state index contributed by atoms with van der Waals surface area (Å²) in [5, 5.41) is 12.3. The van der Waals surface area contributed by atoms with Crippen LogP contribution in [0.15, 0.2) is 18.5 Å². The summed E-state index contributed by atoms with van der Waals surface area (Å²) < 4.78 is 0. The molecule has 0 saturated heterocycles. The zero-order valence-electron chi connectivity index (χ0n) is 8.42. The standard InChI is InChI=1S/C11H18N2O/c14-6-4-11(2-3-11)9-13-8-10-1-5-12-7-10/h1,5,7,12-14H,2-4,6,8-9H2. The minimum Gasteiger partial charge on any atom is -0.396 e. The van der Waals surface area contributed by atoms with Gasteiger partial charge in [-0.1, -0.05) is 0 Å². The van der Waals surface area contributed by atoms with Gasteiger partial charge < -0.3 is 15.4 Å². The van der Waals surface area contributed by atoms with Crippen LogP contribution in [0.3, 0.4) is 0 Å². The molecule has 3 heteroatoms. The maximum Gasteiger partial charge on any atom is 0.0436 e. The van der Waals surface area contributed by atoms with E-state index in [0.29, 0.717) is 12.0 Å². The highest BCUT2D eigenvalue weighted by molar-refractivity contribution is 5.08. The van der Waals surface area contributed by atoms with Crippen molar-refractivity contribution in [2.45, 2.75) is 25.8 Å². The van der Waals surface area contributed by atoms with Crippen LogP contribution in [0, 0.1) is 5.41 Å². The summed E-state index contributed by atoms with van der Waals surface area (Å²) in [4.78, 5) is 3.04. The molecule has 1 aliphatic rings. The third-order valence-electron chi connectivity index (χ3n) is 3.09. The third-order valence-corrected chi connectivity index (χ3v) is 3.09. The molecule has 1 aromatic heterocycles. The quantitative estimate of drug-likeness (QED) is 0.638. The molecule has 3 nitrogen and oxygen atoms in total. The maximum atomic E-state index is 8.89. The Kier molecular flexibility index (Phi) is 2.89. The van der Waals surface area contributed by atoms with Crippen molar-refractivity contribution < 1.29 is 5.11 Å². The van der Waals surface area contributed by atoms with Gasteiger partial charge in [0.1, 0.15) is 0 Å². The fourth-order valence-electron chi connectivity index (χ4n) is 1.87. The van der Waals surface area contributed by atoms with Gasteiger partial charge in [0.15, 0.2) is 0 Å². The summed E-state index contributed by atoms with van der Waals surface area (Å²) in [6.07, 6.45) is 7.45. The number of nitrogens with one attached hydrogen (secondary N) is 2. The van der Waals surface area contributed by atoms with E-state index in [1.54, 1.807) is 0 Å². The van der Waals surface area contributed by atoms with Crippen LogP contribution in [-0.4, -0.2) is 23.2 Å². The molecule has 0 amide bonds. The van der Waals surface area contributed by atoms with E-state index in [1.165, 1.54) is 18.4 Å². The van der Waals surface area contributed by atoms with Crippen molar-refractivity contribution in [3.63, 3.8) is 0 Å². The van der Waals surface area contributed by atoms with Gasteiger partial charge in [-0.2, -0.15) is 0 Å². The van der Waals surface area contributed by atoms with Gasteiger partial charge in [0.2, 0.25) is 0 Å². The van der Waals surface area contributed by atoms with E-state index < -0.39 is 0 Å². The van der Waals surface area contributed by atoms with E-state index in [2.05, 4.69) is 16.4 Å². The predicted octanol–water partition coefficient (Wildman–Crippen LogP) is 1.27. The number of aliphatic hydroxyl groups is 1. The van der Waals surface area contributed by atoms with Crippen molar-refractivity contribution in [1.29, 1.82) is 0 Å². The highest BCUT2D eigenvalue weighted by Gasteiger charge is 2.41. The lowest BCUT2D eigenvalue weighted by Crippen LogP contribution is -2.24. The second-order valence-electron chi connectivity index (χ2n) is 4.30. The number of aromatic amines is 1. The molecule has 0 unspecified atom stereocenters. The molecule has 0 aliphatic heterocycles. The van der Waals surface area contributed by atoms with Crippen molar-refractivity contribution in [3.8, 4) is 0 Å². The summed E-state index contributed by atoms with van der Waals surface area (Å²) in [6, 6.07) is 2.08. The maximum absolute atomic E-state index is 8.89. The normalized spacial score (nSPS) is 18.4. The van der Waals surface area contributed by atoms with E-state index in [0.717, 1.165) is 19.5 Å². The van der Waals surface area contributed by atoms with Crippen molar-refractivity contribution in [1.82, 2.24) is 10.3 Å². The Hall–Kier alpha value is -0.800. The van der Waals surface area contributed by atoms with Crippen molar-refractivity contribution in [2.24, 2.45) is 5.41 Å². The molecule has 2 rings (SSSR count). The SMILES string of the molecule is OCCC1(CNCc2cc[nH]c2)CC1. The molecule has 78 valence electrons. The summed E-state index contributed by atoms with van der Waals surface area (Å²) in [5.74, 6) is 0. The summed E-state index contributed by atoms with van der Waals surface area (Å²) in [6.45, 7) is 2.29. The molecule has 0 bridgehead atoms. The molecule has 1 aromatic rings. The van der Waals surface area contributed by atoms with E-state index in [-0.39, 0.29) is 0 Å². The summed E-state index contributed by atoms with van der Waals surface area (Å²) in [5.41, 5.74) is 1.72. The Labute approximate surface area is 84.5 Å². The molecule has 14 heavy (non-hydrogen) atoms. The van der Waals surface area contributed by atoms with Crippen molar-refractivity contribution in [3.05, 3.63) is 24.0 Å². The summed E-state index contributed by atoms with van der Waals surface area (Å²) in [7, 11) is 0. The molecular weight excluding hydrogens is 176 g/mol. The monoisotopic (exact) mass is 194 g/mol. The zero-order valence-corrected chi connectivity index (χ0v) is 8.42. The molecule has 1 heterocycles. The van der Waals surface area contributed by atoms with E-state index in [1.807, 2.05) is 12.4 Å². The first-order valence-corrected chi connectivity index (χ1v) is 5.28. The number of hydrogen-bond acceptors (Lipinski definition) is 2. The Morgan fingerprint density at radius 2 is 2.36 bits per heavy atom. The fourth-order valence-corrected chi connectivity index (χ4v) is 1.87. The van der Waals surface area contributed by atoms with E-state index in [9.17, 15) is 0 Å². The van der Waals surface area contributed by atoms with Gasteiger partial charge in [-0.05, 0) is 36.3 Å². The molecule has 0 atom stereocenters. The van der Waals surface area contributed by atoms with Gasteiger partial charge in [-0.25, -0.2) is 0 Å². The van der Waals surface area contributed by atoms with E-state index >= 15 is 0 Å². The Morgan fingerprint density at radius 1 is 1.50 bits per heavy atom. The highest BCUT2D eigenvalue weighted by atomic mass is 16.3. The van der Waals surface area contributed by atoms with Crippen LogP contribution in [0.1, 0.15) is 24.8 Å². The topological polar surface area (TPSA) is 48.0 Å². The molecular formula is C11H18N2O. The fraction of sp³-hybridized carbons (Fsp3) is 0.636. The molecule has 3 N–H and O–H groups in total. The van der Waals surface area contributed by atoms with Crippen LogP contribution in [0.5, 0.6) is 0 Å². The minimum absolute atomic E-state index is 0.325. The lowest BCUT2D eigenvalue weighted by Gasteiger charge is -2.13. The number of rotatable bonds is 6. The van der Waals surface area contributed by atoms with Crippen LogP contribution in [0.2, 0.25) is 0 Å². The first-order valence-electron chi connectivity index (χ1n) is 5.28. The summed E-state index contributed by atoms with van der Waals surface area (Å²) >= 11 is 0. The minimum atomic E-state index is 0.325. The molecule has 1 aliphatic carbocycles. The van der Waals surface area contributed by atoms with Gasteiger partial charge in [-0.15, -0.1) is 0 Å². The second-order valence-corrected chi connectivity index (χ2v) is 4.30. The lowest BCUT2D eigenvalue weighted by molar-refractivity contribution is 0.245. The number of aliphatic hydroxyl groups excluding tert-OH is 1. The van der Waals surface area contributed by atoms with Crippen molar-refractivity contribution in [2.75, 3.05) is 13.2 Å². The average molecular weight is 194 g/mol. The van der Waals surface area contributed by atoms with Crippen LogP contribution < -0.4 is 5.32 Å². The largest absolute Gasteiger partial charge is 0.396 e. The van der Waals surface area contributed by atoms with Gasteiger partial charge in [-0.3, -0.25) is 0 Å². The second kappa shape index (κ2) is 4.15. The smallest absolute Gasteiger partial charge is 0.0436 e. The molecule has 0 aromatic carbocycles. The first kappa shape index (κ1) is 9.74. The zero-order chi connectivity index (χ0) is 9.86. The predicted molar refractivity (Wildman–Crippen MR) is 55.9 cm³/mol. The number of H-pyrrole nitrogens is 1. The Bertz CT molecular complexity index is 265. The third kappa shape index (κ3) is 2.36. The van der Waals surface area contributed by atoms with Gasteiger partial charge in [0.05, 0.1) is 0 Å². The van der Waals surface area contributed by atoms with E-state index in [4.69, 9.17) is 5.11 Å². The van der Waals surface area contributed by atoms with Gasteiger partial charge in [0.25, 0.3) is 0 Å². The van der Waals surface area contributed by atoms with Gasteiger partial charge in [0, 0.05) is 32.1 Å². The molecule has 0 spiro atoms. The lowest BCUT2D eigenvalue weighted by atomic mass is 10.0. The Morgan fingerprint density at radius 3 is 2.93 bits per heavy atom. The van der Waals surface area contributed by atoms with Crippen molar-refractivity contribution >= 4 is 0 Å². The molecule has 0 radical (unpaired) electrons. The number of hydrogen-bond donors (Lipinski definition) is 3. The number of aromatic nitrogens is 1. The van der Waals surface area contributed by atoms with Crippen LogP contribution in [0.4, 0.5) is 0 Å². The van der Waals surface area contributed by atoms with Gasteiger partial charge >= 0.3 is 0 Å². The first-order chi connectivity index (χ1) is 6.85. The van der Waals surface area contributed by atoms with Crippen LogP contribution >= 0.6 is 0 Å². The molecule has 1 fully saturated rings. The van der Waals surface area contributed by atoms with Crippen LogP contribution in [-0.2, 0) is 6.54 Å². The van der Waals surface area contributed by atoms with Crippen LogP contribution in [0.25, 0.3) is 0 Å². The highest BCUT2D eigenvalue weighted by Crippen LogP contribution is 2.47.